The molecule has 0 saturated heterocycles. The van der Waals surface area contributed by atoms with E-state index >= 15 is 0 Å². The highest BCUT2D eigenvalue weighted by Gasteiger charge is 2.10. The zero-order chi connectivity index (χ0) is 13.1. The van der Waals surface area contributed by atoms with Gasteiger partial charge in [-0.15, -0.1) is 11.8 Å². The van der Waals surface area contributed by atoms with Crippen LogP contribution < -0.4 is 0 Å². The molecule has 0 bridgehead atoms. The molecule has 0 N–H and O–H groups in total. The van der Waals surface area contributed by atoms with Crippen LogP contribution >= 0.6 is 23.4 Å². The number of nitro benzene ring substituents is 1. The van der Waals surface area contributed by atoms with Gasteiger partial charge in [-0.2, -0.15) is 5.10 Å². The fraction of sp³-hybridized carbons (Fsp3) is 0.182. The van der Waals surface area contributed by atoms with Gasteiger partial charge in [0.1, 0.15) is 0 Å². The van der Waals surface area contributed by atoms with Gasteiger partial charge < -0.3 is 0 Å². The van der Waals surface area contributed by atoms with Gasteiger partial charge in [0.25, 0.3) is 5.69 Å². The number of rotatable bonds is 4. The molecule has 0 aliphatic carbocycles. The number of aromatic nitrogens is 2. The number of benzene rings is 1. The third kappa shape index (κ3) is 3.02. The first-order valence-electron chi connectivity index (χ1n) is 5.10. The Kier molecular flexibility index (Phi) is 3.88. The van der Waals surface area contributed by atoms with E-state index in [0.29, 0.717) is 10.8 Å². The molecule has 1 aromatic carbocycles. The number of nitrogens with zero attached hydrogens (tertiary/aromatic N) is 3. The Bertz CT molecular complexity index is 585. The van der Waals surface area contributed by atoms with E-state index in [0.717, 1.165) is 10.5 Å². The van der Waals surface area contributed by atoms with Crippen LogP contribution in [0.1, 0.15) is 5.56 Å². The summed E-state index contributed by atoms with van der Waals surface area (Å²) >= 11 is 7.55. The summed E-state index contributed by atoms with van der Waals surface area (Å²) in [5.41, 5.74) is 0.806. The zero-order valence-corrected chi connectivity index (χ0v) is 11.1. The zero-order valence-electron chi connectivity index (χ0n) is 9.54. The number of hydrogen-bond acceptors (Lipinski definition) is 4. The molecule has 5 nitrogen and oxygen atoms in total. The second kappa shape index (κ2) is 5.41. The average Bonchev–Trinajstić information content (AvgIpc) is 2.74. The molecule has 0 amide bonds. The van der Waals surface area contributed by atoms with Crippen LogP contribution in [0.2, 0.25) is 5.02 Å². The summed E-state index contributed by atoms with van der Waals surface area (Å²) in [4.78, 5) is 11.3. The van der Waals surface area contributed by atoms with Crippen molar-refractivity contribution in [1.29, 1.82) is 0 Å². The first kappa shape index (κ1) is 12.9. The SMILES string of the molecule is Cn1cc(SCc2cc([N+](=O)[O-])ccc2Cl)cn1. The molecule has 7 heteroatoms. The van der Waals surface area contributed by atoms with E-state index < -0.39 is 4.92 Å². The van der Waals surface area contributed by atoms with E-state index in [2.05, 4.69) is 5.10 Å². The van der Waals surface area contributed by atoms with Crippen LogP contribution in [0.4, 0.5) is 5.69 Å². The largest absolute Gasteiger partial charge is 0.275 e. The monoisotopic (exact) mass is 283 g/mol. The topological polar surface area (TPSA) is 61.0 Å². The van der Waals surface area contributed by atoms with E-state index in [4.69, 9.17) is 11.6 Å². The molecule has 0 radical (unpaired) electrons. The van der Waals surface area contributed by atoms with E-state index in [9.17, 15) is 10.1 Å². The van der Waals surface area contributed by atoms with Crippen LogP contribution in [-0.2, 0) is 12.8 Å². The Balaban J connectivity index is 2.13. The van der Waals surface area contributed by atoms with Gasteiger partial charge in [0.15, 0.2) is 0 Å². The summed E-state index contributed by atoms with van der Waals surface area (Å²) in [5, 5.41) is 15.3. The predicted molar refractivity (Wildman–Crippen MR) is 70.9 cm³/mol. The highest BCUT2D eigenvalue weighted by molar-refractivity contribution is 7.98. The third-order valence-electron chi connectivity index (χ3n) is 2.32. The molecular formula is C11H10ClN3O2S. The van der Waals surface area contributed by atoms with Crippen molar-refractivity contribution in [3.8, 4) is 0 Å². The number of aryl methyl sites for hydroxylation is 1. The Labute approximate surface area is 113 Å². The minimum Gasteiger partial charge on any atom is -0.275 e. The number of hydrogen-bond donors (Lipinski definition) is 0. The lowest BCUT2D eigenvalue weighted by Crippen LogP contribution is -1.90. The van der Waals surface area contributed by atoms with Gasteiger partial charge in [-0.25, -0.2) is 0 Å². The molecule has 0 fully saturated rings. The summed E-state index contributed by atoms with van der Waals surface area (Å²) in [6, 6.07) is 4.46. The maximum absolute atomic E-state index is 10.7. The summed E-state index contributed by atoms with van der Waals surface area (Å²) in [7, 11) is 1.84. The van der Waals surface area contributed by atoms with Crippen LogP contribution in [0, 0.1) is 10.1 Å². The lowest BCUT2D eigenvalue weighted by atomic mass is 10.2. The van der Waals surface area contributed by atoms with Crippen molar-refractivity contribution >= 4 is 29.1 Å². The minimum absolute atomic E-state index is 0.0567. The normalized spacial score (nSPS) is 10.6. The van der Waals surface area contributed by atoms with E-state index in [1.807, 2.05) is 13.2 Å². The number of thioether (sulfide) groups is 1. The van der Waals surface area contributed by atoms with Gasteiger partial charge in [-0.05, 0) is 11.6 Å². The third-order valence-corrected chi connectivity index (χ3v) is 3.68. The highest BCUT2D eigenvalue weighted by Crippen LogP contribution is 2.28. The van der Waals surface area contributed by atoms with Crippen molar-refractivity contribution in [2.75, 3.05) is 0 Å². The van der Waals surface area contributed by atoms with Crippen molar-refractivity contribution in [3.05, 3.63) is 51.3 Å². The molecule has 0 aliphatic rings. The second-order valence-corrected chi connectivity index (χ2v) is 5.13. The summed E-state index contributed by atoms with van der Waals surface area (Å²) in [6.45, 7) is 0. The van der Waals surface area contributed by atoms with Gasteiger partial charge in [0.2, 0.25) is 0 Å². The minimum atomic E-state index is -0.422. The fourth-order valence-corrected chi connectivity index (χ4v) is 2.59. The van der Waals surface area contributed by atoms with Crippen molar-refractivity contribution in [1.82, 2.24) is 9.78 Å². The van der Waals surface area contributed by atoms with Crippen LogP contribution in [0.25, 0.3) is 0 Å². The Morgan fingerprint density at radius 1 is 1.56 bits per heavy atom. The van der Waals surface area contributed by atoms with Crippen LogP contribution in [0.3, 0.4) is 0 Å². The van der Waals surface area contributed by atoms with E-state index in [1.165, 1.54) is 23.9 Å². The van der Waals surface area contributed by atoms with Gasteiger partial charge in [0.05, 0.1) is 11.1 Å². The molecule has 0 spiro atoms. The molecule has 1 heterocycles. The van der Waals surface area contributed by atoms with Gasteiger partial charge in [0, 0.05) is 41.0 Å². The van der Waals surface area contributed by atoms with Crippen LogP contribution in [-0.4, -0.2) is 14.7 Å². The first-order valence-corrected chi connectivity index (χ1v) is 6.47. The molecule has 0 saturated carbocycles. The number of nitro groups is 1. The molecule has 2 rings (SSSR count). The Morgan fingerprint density at radius 2 is 2.33 bits per heavy atom. The lowest BCUT2D eigenvalue weighted by Gasteiger charge is -2.02. The molecule has 94 valence electrons. The van der Waals surface area contributed by atoms with Crippen molar-refractivity contribution < 1.29 is 4.92 Å². The Hall–Kier alpha value is -1.53. The number of non-ortho nitro benzene ring substituents is 1. The quantitative estimate of drug-likeness (QED) is 0.491. The summed E-state index contributed by atoms with van der Waals surface area (Å²) < 4.78 is 1.71. The lowest BCUT2D eigenvalue weighted by molar-refractivity contribution is -0.384. The Morgan fingerprint density at radius 3 is 2.94 bits per heavy atom. The van der Waals surface area contributed by atoms with Gasteiger partial charge in [-0.3, -0.25) is 14.8 Å². The standard InChI is InChI=1S/C11H10ClN3O2S/c1-14-6-10(5-13-14)18-7-8-4-9(15(16)17)2-3-11(8)12/h2-6H,7H2,1H3. The van der Waals surface area contributed by atoms with E-state index in [1.54, 1.807) is 16.9 Å². The molecule has 18 heavy (non-hydrogen) atoms. The fourth-order valence-electron chi connectivity index (χ4n) is 1.42. The van der Waals surface area contributed by atoms with E-state index in [-0.39, 0.29) is 5.69 Å². The molecule has 1 aromatic heterocycles. The van der Waals surface area contributed by atoms with Crippen molar-refractivity contribution in [3.63, 3.8) is 0 Å². The first-order chi connectivity index (χ1) is 8.56. The smallest absolute Gasteiger partial charge is 0.269 e. The summed E-state index contributed by atoms with van der Waals surface area (Å²) in [6.07, 6.45) is 3.63. The maximum atomic E-state index is 10.7. The second-order valence-electron chi connectivity index (χ2n) is 3.67. The molecule has 2 aromatic rings. The molecule has 0 aliphatic heterocycles. The predicted octanol–water partition coefficient (Wildman–Crippen LogP) is 3.27. The number of halogens is 1. The average molecular weight is 284 g/mol. The highest BCUT2D eigenvalue weighted by atomic mass is 35.5. The molecular weight excluding hydrogens is 274 g/mol. The molecule has 0 atom stereocenters. The summed E-state index contributed by atoms with van der Waals surface area (Å²) in [5.74, 6) is 0.576. The van der Waals surface area contributed by atoms with Gasteiger partial charge >= 0.3 is 0 Å². The van der Waals surface area contributed by atoms with Crippen molar-refractivity contribution in [2.24, 2.45) is 7.05 Å². The van der Waals surface area contributed by atoms with Gasteiger partial charge in [-0.1, -0.05) is 11.6 Å². The van der Waals surface area contributed by atoms with Crippen LogP contribution in [0.15, 0.2) is 35.5 Å². The van der Waals surface area contributed by atoms with Crippen LogP contribution in [0.5, 0.6) is 0 Å². The van der Waals surface area contributed by atoms with Crippen molar-refractivity contribution in [2.45, 2.75) is 10.6 Å². The maximum Gasteiger partial charge on any atom is 0.269 e. The molecule has 0 unspecified atom stereocenters.